The zero-order valence-corrected chi connectivity index (χ0v) is 13.2. The van der Waals surface area contributed by atoms with Crippen LogP contribution in [0.25, 0.3) is 0 Å². The average molecular weight is 338 g/mol. The number of aliphatic hydroxyl groups excluding tert-OH is 1. The topological polar surface area (TPSA) is 57.6 Å². The van der Waals surface area contributed by atoms with Gasteiger partial charge in [0.15, 0.2) is 0 Å². The molecular weight excluding hydrogens is 326 g/mol. The van der Waals surface area contributed by atoms with E-state index in [0.29, 0.717) is 9.21 Å². The van der Waals surface area contributed by atoms with Crippen molar-refractivity contribution >= 4 is 44.3 Å². The quantitative estimate of drug-likeness (QED) is 0.912. The van der Waals surface area contributed by atoms with Crippen LogP contribution in [0, 0.1) is 0 Å². The molecule has 0 unspecified atom stereocenters. The van der Waals surface area contributed by atoms with Gasteiger partial charge in [-0.05, 0) is 24.3 Å². The molecule has 0 bridgehead atoms. The van der Waals surface area contributed by atoms with E-state index < -0.39 is 10.0 Å². The lowest BCUT2D eigenvalue weighted by molar-refractivity contribution is 0.285. The molecule has 2 aromatic heterocycles. The molecule has 0 saturated carbocycles. The summed E-state index contributed by atoms with van der Waals surface area (Å²) < 4.78 is 26.8. The van der Waals surface area contributed by atoms with Crippen LogP contribution in [0.4, 0.5) is 0 Å². The number of sulfonamides is 1. The Bertz CT molecular complexity index is 662. The van der Waals surface area contributed by atoms with Crippen molar-refractivity contribution in [1.29, 1.82) is 0 Å². The predicted octanol–water partition coefficient (Wildman–Crippen LogP) is 2.78. The molecule has 0 aliphatic carbocycles. The molecule has 4 nitrogen and oxygen atoms in total. The first-order valence-corrected chi connectivity index (χ1v) is 8.78. The van der Waals surface area contributed by atoms with Gasteiger partial charge in [-0.15, -0.1) is 22.7 Å². The molecule has 0 amide bonds. The van der Waals surface area contributed by atoms with E-state index in [-0.39, 0.29) is 17.4 Å². The molecule has 0 atom stereocenters. The molecule has 0 spiro atoms. The molecule has 2 rings (SSSR count). The van der Waals surface area contributed by atoms with Gasteiger partial charge in [0, 0.05) is 23.3 Å². The summed E-state index contributed by atoms with van der Waals surface area (Å²) in [5.74, 6) is 0. The molecule has 0 aliphatic rings. The standard InChI is InChI=1S/C11H12ClNO3S3/c1-13(6-8-2-4-10(12)17-8)19(15,16)11-5-3-9(7-14)18-11/h2-5,14H,6-7H2,1H3. The van der Waals surface area contributed by atoms with E-state index >= 15 is 0 Å². The fraction of sp³-hybridized carbons (Fsp3) is 0.273. The third-order valence-corrected chi connectivity index (χ3v) is 7.02. The van der Waals surface area contributed by atoms with E-state index in [1.165, 1.54) is 28.8 Å². The van der Waals surface area contributed by atoms with Gasteiger partial charge < -0.3 is 5.11 Å². The number of rotatable bonds is 5. The molecular formula is C11H12ClNO3S3. The highest BCUT2D eigenvalue weighted by Gasteiger charge is 2.23. The number of nitrogens with zero attached hydrogens (tertiary/aromatic N) is 1. The van der Waals surface area contributed by atoms with Gasteiger partial charge in [-0.2, -0.15) is 4.31 Å². The number of aliphatic hydroxyl groups is 1. The largest absolute Gasteiger partial charge is 0.391 e. The zero-order valence-electron chi connectivity index (χ0n) is 10.0. The maximum atomic E-state index is 12.3. The van der Waals surface area contributed by atoms with Crippen molar-refractivity contribution in [3.63, 3.8) is 0 Å². The monoisotopic (exact) mass is 337 g/mol. The Morgan fingerprint density at radius 2 is 1.89 bits per heavy atom. The van der Waals surface area contributed by atoms with Gasteiger partial charge >= 0.3 is 0 Å². The molecule has 2 aromatic rings. The Kier molecular flexibility index (Phi) is 4.65. The van der Waals surface area contributed by atoms with E-state index in [0.717, 1.165) is 16.2 Å². The maximum Gasteiger partial charge on any atom is 0.252 e. The third kappa shape index (κ3) is 3.36. The van der Waals surface area contributed by atoms with Crippen molar-refractivity contribution in [3.8, 4) is 0 Å². The second-order valence-electron chi connectivity index (χ2n) is 3.85. The zero-order chi connectivity index (χ0) is 14.0. The van der Waals surface area contributed by atoms with Gasteiger partial charge in [-0.1, -0.05) is 11.6 Å². The molecule has 104 valence electrons. The van der Waals surface area contributed by atoms with Crippen LogP contribution in [-0.4, -0.2) is 24.9 Å². The Labute approximate surface area is 124 Å². The maximum absolute atomic E-state index is 12.3. The minimum absolute atomic E-state index is 0.148. The molecule has 19 heavy (non-hydrogen) atoms. The van der Waals surface area contributed by atoms with Crippen LogP contribution in [0.3, 0.4) is 0 Å². The summed E-state index contributed by atoms with van der Waals surface area (Å²) in [6.45, 7) is 0.135. The van der Waals surface area contributed by atoms with Crippen molar-refractivity contribution in [2.24, 2.45) is 0 Å². The lowest BCUT2D eigenvalue weighted by atomic mass is 10.5. The molecule has 0 fully saturated rings. The third-order valence-electron chi connectivity index (χ3n) is 2.46. The fourth-order valence-corrected chi connectivity index (χ4v) is 5.27. The summed E-state index contributed by atoms with van der Waals surface area (Å²) in [7, 11) is -1.98. The lowest BCUT2D eigenvalue weighted by Gasteiger charge is -2.14. The van der Waals surface area contributed by atoms with E-state index in [1.807, 2.05) is 6.07 Å². The molecule has 0 aliphatic heterocycles. The number of hydrogen-bond acceptors (Lipinski definition) is 5. The summed E-state index contributed by atoms with van der Waals surface area (Å²) in [5, 5.41) is 8.98. The van der Waals surface area contributed by atoms with Crippen molar-refractivity contribution in [2.45, 2.75) is 17.4 Å². The van der Waals surface area contributed by atoms with Crippen LogP contribution >= 0.6 is 34.3 Å². The normalized spacial score (nSPS) is 12.2. The fourth-order valence-electron chi connectivity index (χ4n) is 1.48. The summed E-state index contributed by atoms with van der Waals surface area (Å²) >= 11 is 8.26. The van der Waals surface area contributed by atoms with Crippen LogP contribution in [-0.2, 0) is 23.2 Å². The first-order chi connectivity index (χ1) is 8.93. The van der Waals surface area contributed by atoms with Gasteiger partial charge in [-0.25, -0.2) is 8.42 Å². The SMILES string of the molecule is CN(Cc1ccc(Cl)s1)S(=O)(=O)c1ccc(CO)s1. The summed E-state index contributed by atoms with van der Waals surface area (Å²) in [6, 6.07) is 6.69. The predicted molar refractivity (Wildman–Crippen MR) is 78.2 cm³/mol. The van der Waals surface area contributed by atoms with E-state index in [1.54, 1.807) is 12.1 Å². The minimum Gasteiger partial charge on any atom is -0.391 e. The molecule has 0 saturated heterocycles. The van der Waals surface area contributed by atoms with Crippen LogP contribution in [0.5, 0.6) is 0 Å². The van der Waals surface area contributed by atoms with Crippen LogP contribution < -0.4 is 0 Å². The van der Waals surface area contributed by atoms with Gasteiger partial charge in [-0.3, -0.25) is 0 Å². The first kappa shape index (κ1) is 15.0. The van der Waals surface area contributed by atoms with Crippen LogP contribution in [0.2, 0.25) is 4.34 Å². The Morgan fingerprint density at radius 1 is 1.21 bits per heavy atom. The number of hydrogen-bond donors (Lipinski definition) is 1. The second-order valence-corrected chi connectivity index (χ2v) is 9.09. The smallest absolute Gasteiger partial charge is 0.252 e. The summed E-state index contributed by atoms with van der Waals surface area (Å²) in [5.41, 5.74) is 0. The average Bonchev–Trinajstić information content (AvgIpc) is 2.98. The van der Waals surface area contributed by atoms with Gasteiger partial charge in [0.05, 0.1) is 10.9 Å². The highest BCUT2D eigenvalue weighted by atomic mass is 35.5. The van der Waals surface area contributed by atoms with E-state index in [4.69, 9.17) is 16.7 Å². The van der Waals surface area contributed by atoms with Gasteiger partial charge in [0.1, 0.15) is 4.21 Å². The van der Waals surface area contributed by atoms with Crippen LogP contribution in [0.1, 0.15) is 9.75 Å². The highest BCUT2D eigenvalue weighted by Crippen LogP contribution is 2.27. The Morgan fingerprint density at radius 3 is 2.42 bits per heavy atom. The molecule has 0 radical (unpaired) electrons. The number of halogens is 1. The van der Waals surface area contributed by atoms with Crippen molar-refractivity contribution in [3.05, 3.63) is 38.4 Å². The Balaban J connectivity index is 2.19. The highest BCUT2D eigenvalue weighted by molar-refractivity contribution is 7.91. The molecule has 0 aromatic carbocycles. The first-order valence-electron chi connectivity index (χ1n) is 5.33. The van der Waals surface area contributed by atoms with E-state index in [2.05, 4.69) is 0 Å². The van der Waals surface area contributed by atoms with E-state index in [9.17, 15) is 8.42 Å². The van der Waals surface area contributed by atoms with Crippen LogP contribution in [0.15, 0.2) is 28.5 Å². The van der Waals surface area contributed by atoms with Crippen molar-refractivity contribution in [1.82, 2.24) is 4.31 Å². The number of thiophene rings is 2. The van der Waals surface area contributed by atoms with Crippen molar-refractivity contribution < 1.29 is 13.5 Å². The second kappa shape index (κ2) is 5.90. The van der Waals surface area contributed by atoms with Gasteiger partial charge in [0.25, 0.3) is 10.0 Å². The lowest BCUT2D eigenvalue weighted by Crippen LogP contribution is -2.25. The van der Waals surface area contributed by atoms with Gasteiger partial charge in [0.2, 0.25) is 0 Å². The summed E-state index contributed by atoms with van der Waals surface area (Å²) in [6.07, 6.45) is 0. The minimum atomic E-state index is -3.51. The molecule has 1 N–H and O–H groups in total. The van der Waals surface area contributed by atoms with Crippen molar-refractivity contribution in [2.75, 3.05) is 7.05 Å². The summed E-state index contributed by atoms with van der Waals surface area (Å²) in [4.78, 5) is 1.51. The Hall–Kier alpha value is -0.440. The molecule has 2 heterocycles. The molecule has 8 heteroatoms.